The lowest BCUT2D eigenvalue weighted by Crippen LogP contribution is -1.66. The first kappa shape index (κ1) is 31.1. The Morgan fingerprint density at radius 1 is 0.789 bits per heavy atom. The lowest BCUT2D eigenvalue weighted by atomic mass is 10.3. The van der Waals surface area contributed by atoms with Gasteiger partial charge < -0.3 is 0 Å². The molecule has 0 nitrogen and oxygen atoms in total. The Morgan fingerprint density at radius 2 is 0.947 bits per heavy atom. The number of unbranched alkanes of at least 4 members (excludes halogenated alkanes) is 1. The van der Waals surface area contributed by atoms with Crippen LogP contribution in [0, 0.1) is 5.92 Å². The topological polar surface area (TPSA) is 0 Å². The van der Waals surface area contributed by atoms with Gasteiger partial charge in [0.1, 0.15) is 0 Å². The van der Waals surface area contributed by atoms with Crippen LogP contribution in [-0.4, -0.2) is 0 Å². The molecular formula is C19H44. The molecule has 0 spiro atoms. The molecule has 0 fully saturated rings. The average Bonchev–Trinajstić information content (AvgIpc) is 2.39. The summed E-state index contributed by atoms with van der Waals surface area (Å²) in [5.74, 6) is 0.833. The van der Waals surface area contributed by atoms with E-state index in [-0.39, 0.29) is 0 Å². The zero-order valence-corrected chi connectivity index (χ0v) is 15.8. The SMILES string of the molecule is C=CCC.CC(C)C.CC=CC.CCC.CCCC. The fraction of sp³-hybridized carbons (Fsp3) is 0.789. The minimum Gasteiger partial charge on any atom is -0.103 e. The van der Waals surface area contributed by atoms with Crippen LogP contribution in [0.25, 0.3) is 0 Å². The Morgan fingerprint density at radius 3 is 0.947 bits per heavy atom. The molecule has 0 aliphatic heterocycles. The van der Waals surface area contributed by atoms with Gasteiger partial charge >= 0.3 is 0 Å². The van der Waals surface area contributed by atoms with E-state index in [2.05, 4.69) is 62.0 Å². The molecule has 0 aliphatic rings. The van der Waals surface area contributed by atoms with E-state index in [0.717, 1.165) is 12.3 Å². The summed E-state index contributed by atoms with van der Waals surface area (Å²) in [5.41, 5.74) is 0. The summed E-state index contributed by atoms with van der Waals surface area (Å²) in [4.78, 5) is 0. The second-order valence-electron chi connectivity index (χ2n) is 4.80. The van der Waals surface area contributed by atoms with Gasteiger partial charge in [-0.05, 0) is 26.2 Å². The van der Waals surface area contributed by atoms with Crippen LogP contribution in [0.15, 0.2) is 24.8 Å². The highest BCUT2D eigenvalue weighted by molar-refractivity contribution is 4.68. The predicted molar refractivity (Wildman–Crippen MR) is 98.0 cm³/mol. The van der Waals surface area contributed by atoms with Crippen molar-refractivity contribution in [2.45, 2.75) is 94.9 Å². The van der Waals surface area contributed by atoms with Crippen molar-refractivity contribution in [3.63, 3.8) is 0 Å². The third-order valence-corrected chi connectivity index (χ3v) is 1.12. The van der Waals surface area contributed by atoms with E-state index in [1.54, 1.807) is 0 Å². The molecule has 0 aliphatic carbocycles. The van der Waals surface area contributed by atoms with Crippen LogP contribution in [-0.2, 0) is 0 Å². The van der Waals surface area contributed by atoms with Gasteiger partial charge in [-0.1, -0.05) is 92.9 Å². The van der Waals surface area contributed by atoms with Gasteiger partial charge in [0.2, 0.25) is 0 Å². The summed E-state index contributed by atoms with van der Waals surface area (Å²) >= 11 is 0. The molecule has 0 heteroatoms. The summed E-state index contributed by atoms with van der Waals surface area (Å²) in [6.07, 6.45) is 10.8. The van der Waals surface area contributed by atoms with Crippen molar-refractivity contribution in [1.82, 2.24) is 0 Å². The minimum atomic E-state index is 0.833. The highest BCUT2D eigenvalue weighted by Crippen LogP contribution is 1.81. The van der Waals surface area contributed by atoms with Crippen LogP contribution in [0.1, 0.15) is 94.9 Å². The van der Waals surface area contributed by atoms with Gasteiger partial charge in [0.05, 0.1) is 0 Å². The molecule has 0 saturated carbocycles. The molecule has 0 atom stereocenters. The third-order valence-electron chi connectivity index (χ3n) is 1.12. The number of allylic oxidation sites excluding steroid dienone is 3. The van der Waals surface area contributed by atoms with Gasteiger partial charge in [-0.3, -0.25) is 0 Å². The number of hydrogen-bond acceptors (Lipinski definition) is 0. The van der Waals surface area contributed by atoms with Crippen LogP contribution in [0.4, 0.5) is 0 Å². The fourth-order valence-corrected chi connectivity index (χ4v) is 0. The largest absolute Gasteiger partial charge is 0.103 e. The van der Waals surface area contributed by atoms with Crippen molar-refractivity contribution < 1.29 is 0 Å². The first-order valence-electron chi connectivity index (χ1n) is 8.07. The molecule has 0 amide bonds. The molecule has 19 heavy (non-hydrogen) atoms. The van der Waals surface area contributed by atoms with Crippen molar-refractivity contribution >= 4 is 0 Å². The van der Waals surface area contributed by atoms with E-state index in [0.29, 0.717) is 0 Å². The molecule has 0 aromatic rings. The van der Waals surface area contributed by atoms with E-state index >= 15 is 0 Å². The minimum absolute atomic E-state index is 0.833. The van der Waals surface area contributed by atoms with Gasteiger partial charge in [0, 0.05) is 0 Å². The summed E-state index contributed by atoms with van der Waals surface area (Å²) in [7, 11) is 0. The Balaban J connectivity index is -0.0000000432. The van der Waals surface area contributed by atoms with E-state index in [1.165, 1.54) is 19.3 Å². The molecule has 0 unspecified atom stereocenters. The van der Waals surface area contributed by atoms with Crippen LogP contribution in [0.5, 0.6) is 0 Å². The predicted octanol–water partition coefficient (Wildman–Crippen LogP) is 8.05. The Hall–Kier alpha value is -0.520. The highest BCUT2D eigenvalue weighted by Gasteiger charge is 1.68. The highest BCUT2D eigenvalue weighted by atomic mass is 13.7. The maximum Gasteiger partial charge on any atom is -0.0382 e. The molecule has 0 bridgehead atoms. The summed E-state index contributed by atoms with van der Waals surface area (Å²) in [6.45, 7) is 24.7. The molecule has 0 N–H and O–H groups in total. The van der Waals surface area contributed by atoms with Crippen molar-refractivity contribution in [2.24, 2.45) is 5.92 Å². The van der Waals surface area contributed by atoms with Crippen LogP contribution >= 0.6 is 0 Å². The van der Waals surface area contributed by atoms with Gasteiger partial charge in [0.15, 0.2) is 0 Å². The smallest absolute Gasteiger partial charge is 0.0382 e. The van der Waals surface area contributed by atoms with Crippen molar-refractivity contribution in [3.8, 4) is 0 Å². The molecule has 0 radical (unpaired) electrons. The van der Waals surface area contributed by atoms with Crippen LogP contribution in [0.2, 0.25) is 0 Å². The Bertz CT molecular complexity index is 100. The van der Waals surface area contributed by atoms with Crippen molar-refractivity contribution in [3.05, 3.63) is 24.8 Å². The van der Waals surface area contributed by atoms with Crippen molar-refractivity contribution in [2.75, 3.05) is 0 Å². The molecule has 0 saturated heterocycles. The maximum atomic E-state index is 3.48. The summed E-state index contributed by atoms with van der Waals surface area (Å²) < 4.78 is 0. The molecule has 0 rings (SSSR count). The molecule has 120 valence electrons. The standard InChI is InChI=1S/2C4H10.2C4H8.C3H8/c1-4(2)3;3*1-3-4-2;1-3-2/h4H,1-3H3;3-4H2,1-2H3;3-4H,1-2H3;3H,1,4H2,2H3;3H2,1-2H3. The quantitative estimate of drug-likeness (QED) is 0.446. The fourth-order valence-electron chi connectivity index (χ4n) is 0. The average molecular weight is 273 g/mol. The first-order chi connectivity index (χ1) is 8.89. The van der Waals surface area contributed by atoms with Crippen LogP contribution in [0.3, 0.4) is 0 Å². The van der Waals surface area contributed by atoms with E-state index in [4.69, 9.17) is 0 Å². The van der Waals surface area contributed by atoms with E-state index in [9.17, 15) is 0 Å². The summed E-state index contributed by atoms with van der Waals surface area (Å²) in [6, 6.07) is 0. The van der Waals surface area contributed by atoms with E-state index < -0.39 is 0 Å². The molecule has 0 aromatic heterocycles. The normalized spacial score (nSPS) is 7.74. The lowest BCUT2D eigenvalue weighted by Gasteiger charge is -1.79. The second-order valence-corrected chi connectivity index (χ2v) is 4.80. The van der Waals surface area contributed by atoms with Gasteiger partial charge in [-0.25, -0.2) is 0 Å². The van der Waals surface area contributed by atoms with Gasteiger partial charge in [-0.15, -0.1) is 6.58 Å². The molecule has 0 heterocycles. The lowest BCUT2D eigenvalue weighted by molar-refractivity contribution is 0.737. The molecule has 0 aromatic carbocycles. The van der Waals surface area contributed by atoms with Gasteiger partial charge in [0.25, 0.3) is 0 Å². The Kier molecular flexibility index (Phi) is 86.4. The maximum absolute atomic E-state index is 3.48. The van der Waals surface area contributed by atoms with E-state index in [1.807, 2.05) is 32.1 Å². The zero-order valence-electron chi connectivity index (χ0n) is 15.8. The van der Waals surface area contributed by atoms with Crippen molar-refractivity contribution in [1.29, 1.82) is 0 Å². The first-order valence-corrected chi connectivity index (χ1v) is 8.07. The molecular weight excluding hydrogens is 228 g/mol. The number of hydrogen-bond donors (Lipinski definition) is 0. The van der Waals surface area contributed by atoms with Gasteiger partial charge in [-0.2, -0.15) is 0 Å². The Labute approximate surface area is 126 Å². The summed E-state index contributed by atoms with van der Waals surface area (Å²) in [5, 5.41) is 0. The second kappa shape index (κ2) is 52.8. The monoisotopic (exact) mass is 272 g/mol. The number of rotatable bonds is 2. The van der Waals surface area contributed by atoms with Crippen LogP contribution < -0.4 is 0 Å². The third kappa shape index (κ3) is 681. The zero-order chi connectivity index (χ0) is 16.5.